The van der Waals surface area contributed by atoms with Crippen LogP contribution in [0.25, 0.3) is 0 Å². The minimum Gasteiger partial charge on any atom is -0.493 e. The van der Waals surface area contributed by atoms with Gasteiger partial charge in [-0.25, -0.2) is 0 Å². The average molecular weight is 233 g/mol. The van der Waals surface area contributed by atoms with Crippen LogP contribution in [-0.2, 0) is 6.42 Å². The summed E-state index contributed by atoms with van der Waals surface area (Å²) in [5, 5.41) is 0. The molecule has 92 valence electrons. The molecule has 1 aliphatic heterocycles. The SMILES string of the molecule is COc1cc2c(cc1OC)C(C(C)C)=NCC2. The van der Waals surface area contributed by atoms with E-state index in [1.54, 1.807) is 14.2 Å². The first-order valence-electron chi connectivity index (χ1n) is 5.97. The highest BCUT2D eigenvalue weighted by Gasteiger charge is 2.19. The van der Waals surface area contributed by atoms with E-state index in [1.807, 2.05) is 6.07 Å². The van der Waals surface area contributed by atoms with Crippen LogP contribution in [0.2, 0.25) is 0 Å². The highest BCUT2D eigenvalue weighted by Crippen LogP contribution is 2.33. The number of fused-ring (bicyclic) bond motifs is 1. The predicted molar refractivity (Wildman–Crippen MR) is 69.5 cm³/mol. The van der Waals surface area contributed by atoms with E-state index < -0.39 is 0 Å². The van der Waals surface area contributed by atoms with Crippen LogP contribution in [0.4, 0.5) is 0 Å². The molecule has 3 nitrogen and oxygen atoms in total. The van der Waals surface area contributed by atoms with Gasteiger partial charge >= 0.3 is 0 Å². The third-order valence-corrected chi connectivity index (χ3v) is 3.10. The molecule has 1 aliphatic rings. The van der Waals surface area contributed by atoms with Gasteiger partial charge < -0.3 is 9.47 Å². The van der Waals surface area contributed by atoms with Crippen molar-refractivity contribution in [1.29, 1.82) is 0 Å². The molecular weight excluding hydrogens is 214 g/mol. The molecule has 0 aliphatic carbocycles. The summed E-state index contributed by atoms with van der Waals surface area (Å²) in [6.45, 7) is 5.21. The van der Waals surface area contributed by atoms with E-state index in [0.717, 1.165) is 24.5 Å². The van der Waals surface area contributed by atoms with Gasteiger partial charge in [0.2, 0.25) is 0 Å². The number of methoxy groups -OCH3 is 2. The Morgan fingerprint density at radius 3 is 2.35 bits per heavy atom. The topological polar surface area (TPSA) is 30.8 Å². The fourth-order valence-electron chi connectivity index (χ4n) is 2.24. The average Bonchev–Trinajstić information content (AvgIpc) is 2.35. The third-order valence-electron chi connectivity index (χ3n) is 3.10. The second-order valence-corrected chi connectivity index (χ2v) is 4.54. The molecule has 0 amide bonds. The van der Waals surface area contributed by atoms with E-state index in [2.05, 4.69) is 24.9 Å². The van der Waals surface area contributed by atoms with E-state index in [4.69, 9.17) is 9.47 Å². The molecule has 0 atom stereocenters. The van der Waals surface area contributed by atoms with Gasteiger partial charge in [-0.3, -0.25) is 4.99 Å². The van der Waals surface area contributed by atoms with Crippen LogP contribution in [0.5, 0.6) is 11.5 Å². The maximum Gasteiger partial charge on any atom is 0.161 e. The molecule has 1 heterocycles. The number of ether oxygens (including phenoxy) is 2. The smallest absolute Gasteiger partial charge is 0.161 e. The zero-order chi connectivity index (χ0) is 12.4. The maximum absolute atomic E-state index is 5.35. The summed E-state index contributed by atoms with van der Waals surface area (Å²) in [7, 11) is 3.34. The lowest BCUT2D eigenvalue weighted by molar-refractivity contribution is 0.354. The van der Waals surface area contributed by atoms with Crippen molar-refractivity contribution in [1.82, 2.24) is 0 Å². The quantitative estimate of drug-likeness (QED) is 0.803. The summed E-state index contributed by atoms with van der Waals surface area (Å²) < 4.78 is 10.7. The van der Waals surface area contributed by atoms with Crippen LogP contribution >= 0.6 is 0 Å². The molecule has 0 unspecified atom stereocenters. The maximum atomic E-state index is 5.35. The van der Waals surface area contributed by atoms with Crippen molar-refractivity contribution in [3.8, 4) is 11.5 Å². The molecule has 0 aromatic heterocycles. The zero-order valence-corrected chi connectivity index (χ0v) is 10.9. The zero-order valence-electron chi connectivity index (χ0n) is 10.9. The van der Waals surface area contributed by atoms with Crippen LogP contribution in [0, 0.1) is 5.92 Å². The van der Waals surface area contributed by atoms with Crippen LogP contribution in [-0.4, -0.2) is 26.5 Å². The Bertz CT molecular complexity index is 450. The lowest BCUT2D eigenvalue weighted by Gasteiger charge is -2.21. The van der Waals surface area contributed by atoms with Gasteiger partial charge in [0.25, 0.3) is 0 Å². The first-order chi connectivity index (χ1) is 8.17. The Labute approximate surface area is 102 Å². The van der Waals surface area contributed by atoms with Crippen molar-refractivity contribution < 1.29 is 9.47 Å². The molecule has 0 radical (unpaired) electrons. The van der Waals surface area contributed by atoms with Crippen LogP contribution in [0.15, 0.2) is 17.1 Å². The second kappa shape index (κ2) is 4.78. The van der Waals surface area contributed by atoms with E-state index in [0.29, 0.717) is 5.92 Å². The highest BCUT2D eigenvalue weighted by molar-refractivity contribution is 6.04. The Hall–Kier alpha value is -1.51. The minimum absolute atomic E-state index is 0.437. The van der Waals surface area contributed by atoms with Crippen molar-refractivity contribution >= 4 is 5.71 Å². The molecule has 0 saturated carbocycles. The van der Waals surface area contributed by atoms with Crippen LogP contribution in [0.3, 0.4) is 0 Å². The summed E-state index contributed by atoms with van der Waals surface area (Å²) in [6, 6.07) is 4.12. The first-order valence-corrected chi connectivity index (χ1v) is 5.97. The second-order valence-electron chi connectivity index (χ2n) is 4.54. The number of rotatable bonds is 3. The summed E-state index contributed by atoms with van der Waals surface area (Å²) in [5.41, 5.74) is 3.69. The molecule has 0 N–H and O–H groups in total. The largest absolute Gasteiger partial charge is 0.493 e. The molecule has 3 heteroatoms. The van der Waals surface area contributed by atoms with E-state index in [-0.39, 0.29) is 0 Å². The van der Waals surface area contributed by atoms with Gasteiger partial charge in [-0.15, -0.1) is 0 Å². The number of hydrogen-bond acceptors (Lipinski definition) is 3. The summed E-state index contributed by atoms with van der Waals surface area (Å²) >= 11 is 0. The first kappa shape index (κ1) is 12.0. The summed E-state index contributed by atoms with van der Waals surface area (Å²) in [6.07, 6.45) is 0.978. The van der Waals surface area contributed by atoms with E-state index in [1.165, 1.54) is 16.8 Å². The minimum atomic E-state index is 0.437. The normalized spacial score (nSPS) is 14.3. The van der Waals surface area contributed by atoms with Crippen molar-refractivity contribution in [3.05, 3.63) is 23.3 Å². The van der Waals surface area contributed by atoms with Gasteiger partial charge in [0.05, 0.1) is 14.2 Å². The third kappa shape index (κ3) is 2.14. The molecule has 0 fully saturated rings. The lowest BCUT2D eigenvalue weighted by atomic mass is 9.91. The Balaban J connectivity index is 2.53. The van der Waals surface area contributed by atoms with Gasteiger partial charge in [-0.2, -0.15) is 0 Å². The fraction of sp³-hybridized carbons (Fsp3) is 0.500. The van der Waals surface area contributed by atoms with Crippen molar-refractivity contribution in [2.45, 2.75) is 20.3 Å². The van der Waals surface area contributed by atoms with Crippen molar-refractivity contribution in [2.24, 2.45) is 10.9 Å². The molecule has 1 aromatic rings. The van der Waals surface area contributed by atoms with Gasteiger partial charge in [0.15, 0.2) is 11.5 Å². The Kier molecular flexibility index (Phi) is 3.36. The molecule has 1 aromatic carbocycles. The highest BCUT2D eigenvalue weighted by atomic mass is 16.5. The number of hydrogen-bond donors (Lipinski definition) is 0. The Morgan fingerprint density at radius 1 is 1.12 bits per heavy atom. The monoisotopic (exact) mass is 233 g/mol. The van der Waals surface area contributed by atoms with E-state index in [9.17, 15) is 0 Å². The molecule has 0 spiro atoms. The molecule has 2 rings (SSSR count). The molecular formula is C14H19NO2. The van der Waals surface area contributed by atoms with Gasteiger partial charge in [-0.1, -0.05) is 13.8 Å². The summed E-state index contributed by atoms with van der Waals surface area (Å²) in [5.74, 6) is 2.02. The van der Waals surface area contributed by atoms with Gasteiger partial charge in [-0.05, 0) is 30.0 Å². The number of aliphatic imine (C=N–C) groups is 1. The van der Waals surface area contributed by atoms with Crippen LogP contribution in [0.1, 0.15) is 25.0 Å². The lowest BCUT2D eigenvalue weighted by Crippen LogP contribution is -2.18. The molecule has 0 saturated heterocycles. The number of nitrogens with zero attached hydrogens (tertiary/aromatic N) is 1. The van der Waals surface area contributed by atoms with Gasteiger partial charge in [0, 0.05) is 17.8 Å². The van der Waals surface area contributed by atoms with Crippen molar-refractivity contribution in [3.63, 3.8) is 0 Å². The molecule has 0 bridgehead atoms. The standard InChI is InChI=1S/C14H19NO2/c1-9(2)14-11-8-13(17-4)12(16-3)7-10(11)5-6-15-14/h7-9H,5-6H2,1-4H3. The molecule has 17 heavy (non-hydrogen) atoms. The van der Waals surface area contributed by atoms with Crippen LogP contribution < -0.4 is 9.47 Å². The van der Waals surface area contributed by atoms with Crippen molar-refractivity contribution in [2.75, 3.05) is 20.8 Å². The Morgan fingerprint density at radius 2 is 1.76 bits per heavy atom. The predicted octanol–water partition coefficient (Wildman–Crippen LogP) is 2.71. The van der Waals surface area contributed by atoms with E-state index >= 15 is 0 Å². The summed E-state index contributed by atoms with van der Waals surface area (Å²) in [4.78, 5) is 4.62. The number of benzene rings is 1. The van der Waals surface area contributed by atoms with Gasteiger partial charge in [0.1, 0.15) is 0 Å². The fourth-order valence-corrected chi connectivity index (χ4v) is 2.24.